The second-order valence-electron chi connectivity index (χ2n) is 7.37. The quantitative estimate of drug-likeness (QED) is 0.900. The second-order valence-corrected chi connectivity index (χ2v) is 10.1. The summed E-state index contributed by atoms with van der Waals surface area (Å²) in [5.41, 5.74) is 3.76. The van der Waals surface area contributed by atoms with E-state index in [1.807, 2.05) is 24.4 Å². The lowest BCUT2D eigenvalue weighted by Gasteiger charge is -2.21. The van der Waals surface area contributed by atoms with Crippen molar-refractivity contribution in [1.82, 2.24) is 4.98 Å². The van der Waals surface area contributed by atoms with Gasteiger partial charge in [0.25, 0.3) is 0 Å². The third-order valence-corrected chi connectivity index (χ3v) is 5.90. The average Bonchev–Trinajstić information content (AvgIpc) is 2.98. The number of nitrogens with zero attached hydrogens (tertiary/aromatic N) is 2. The van der Waals surface area contributed by atoms with Crippen molar-refractivity contribution in [2.24, 2.45) is 0 Å². The van der Waals surface area contributed by atoms with Crippen molar-refractivity contribution in [1.29, 1.82) is 0 Å². The van der Waals surface area contributed by atoms with Crippen LogP contribution >= 0.6 is 11.3 Å². The van der Waals surface area contributed by atoms with Gasteiger partial charge < -0.3 is 5.32 Å². The number of thiazole rings is 1. The van der Waals surface area contributed by atoms with E-state index in [4.69, 9.17) is 0 Å². The SMILES string of the molecule is C[C@@H]1Cc2cc(-c3csc(NC(C)(C)C)n3)ccc2N1S(C)(=O)=O. The zero-order valence-electron chi connectivity index (χ0n) is 14.6. The highest BCUT2D eigenvalue weighted by molar-refractivity contribution is 7.92. The Morgan fingerprint density at radius 2 is 2.04 bits per heavy atom. The zero-order chi connectivity index (χ0) is 17.7. The first-order valence-electron chi connectivity index (χ1n) is 7.91. The molecule has 2 heterocycles. The topological polar surface area (TPSA) is 62.3 Å². The fraction of sp³-hybridized carbons (Fsp3) is 0.471. The van der Waals surface area contributed by atoms with Gasteiger partial charge in [0.15, 0.2) is 5.13 Å². The molecule has 3 rings (SSSR count). The first kappa shape index (κ1) is 17.2. The number of anilines is 2. The van der Waals surface area contributed by atoms with E-state index in [-0.39, 0.29) is 11.6 Å². The molecule has 24 heavy (non-hydrogen) atoms. The molecule has 1 aromatic carbocycles. The molecule has 0 saturated carbocycles. The molecule has 0 bridgehead atoms. The van der Waals surface area contributed by atoms with E-state index in [2.05, 4.69) is 37.1 Å². The summed E-state index contributed by atoms with van der Waals surface area (Å²) in [4.78, 5) is 4.65. The summed E-state index contributed by atoms with van der Waals surface area (Å²) in [6.07, 6.45) is 1.99. The van der Waals surface area contributed by atoms with Crippen LogP contribution in [0.25, 0.3) is 11.3 Å². The second kappa shape index (κ2) is 5.74. The van der Waals surface area contributed by atoms with Crippen LogP contribution in [0.2, 0.25) is 0 Å². The van der Waals surface area contributed by atoms with E-state index in [0.29, 0.717) is 0 Å². The number of hydrogen-bond acceptors (Lipinski definition) is 5. The predicted molar refractivity (Wildman–Crippen MR) is 101 cm³/mol. The first-order chi connectivity index (χ1) is 11.0. The van der Waals surface area contributed by atoms with Crippen molar-refractivity contribution in [2.75, 3.05) is 15.9 Å². The van der Waals surface area contributed by atoms with Gasteiger partial charge in [-0.1, -0.05) is 6.07 Å². The fourth-order valence-electron chi connectivity index (χ4n) is 3.05. The molecular weight excluding hydrogens is 342 g/mol. The van der Waals surface area contributed by atoms with Gasteiger partial charge in [-0.05, 0) is 51.8 Å². The molecule has 7 heteroatoms. The molecule has 1 aliphatic rings. The van der Waals surface area contributed by atoms with Gasteiger partial charge >= 0.3 is 0 Å². The molecule has 2 aromatic rings. The van der Waals surface area contributed by atoms with Gasteiger partial charge in [0, 0.05) is 22.5 Å². The van der Waals surface area contributed by atoms with Crippen molar-refractivity contribution in [3.63, 3.8) is 0 Å². The zero-order valence-corrected chi connectivity index (χ0v) is 16.3. The van der Waals surface area contributed by atoms with E-state index < -0.39 is 10.0 Å². The van der Waals surface area contributed by atoms with Gasteiger partial charge in [-0.2, -0.15) is 0 Å². The lowest BCUT2D eigenvalue weighted by atomic mass is 10.1. The first-order valence-corrected chi connectivity index (χ1v) is 10.6. The Balaban J connectivity index is 1.92. The third kappa shape index (κ3) is 3.42. The maximum atomic E-state index is 12.0. The molecule has 0 amide bonds. The van der Waals surface area contributed by atoms with Gasteiger partial charge in [0.05, 0.1) is 17.6 Å². The van der Waals surface area contributed by atoms with Crippen LogP contribution in [-0.4, -0.2) is 31.2 Å². The number of fused-ring (bicyclic) bond motifs is 1. The number of aromatic nitrogens is 1. The Hall–Kier alpha value is -1.60. The van der Waals surface area contributed by atoms with Crippen molar-refractivity contribution in [3.05, 3.63) is 29.1 Å². The van der Waals surface area contributed by atoms with E-state index in [0.717, 1.165) is 34.1 Å². The molecule has 0 fully saturated rings. The molecule has 0 radical (unpaired) electrons. The van der Waals surface area contributed by atoms with Crippen molar-refractivity contribution in [3.8, 4) is 11.3 Å². The van der Waals surface area contributed by atoms with Crippen molar-refractivity contribution in [2.45, 2.75) is 45.7 Å². The Morgan fingerprint density at radius 3 is 2.67 bits per heavy atom. The van der Waals surface area contributed by atoms with Gasteiger partial charge in [0.2, 0.25) is 10.0 Å². The van der Waals surface area contributed by atoms with E-state index in [1.54, 1.807) is 11.3 Å². The maximum Gasteiger partial charge on any atom is 0.232 e. The Bertz CT molecular complexity index is 866. The number of nitrogens with one attached hydrogen (secondary N) is 1. The molecule has 1 aromatic heterocycles. The minimum Gasteiger partial charge on any atom is -0.357 e. The minimum atomic E-state index is -3.25. The number of rotatable bonds is 3. The molecule has 130 valence electrons. The van der Waals surface area contributed by atoms with Gasteiger partial charge in [-0.3, -0.25) is 4.31 Å². The van der Waals surface area contributed by atoms with Gasteiger partial charge in [0.1, 0.15) is 0 Å². The monoisotopic (exact) mass is 365 g/mol. The fourth-order valence-corrected chi connectivity index (χ4v) is 5.24. The smallest absolute Gasteiger partial charge is 0.232 e. The molecule has 0 unspecified atom stereocenters. The summed E-state index contributed by atoms with van der Waals surface area (Å²) in [6.45, 7) is 8.24. The lowest BCUT2D eigenvalue weighted by Crippen LogP contribution is -2.34. The van der Waals surface area contributed by atoms with E-state index in [9.17, 15) is 8.42 Å². The normalized spacial score (nSPS) is 17.9. The van der Waals surface area contributed by atoms with Crippen LogP contribution in [0.4, 0.5) is 10.8 Å². The summed E-state index contributed by atoms with van der Waals surface area (Å²) >= 11 is 1.58. The summed E-state index contributed by atoms with van der Waals surface area (Å²) in [6, 6.07) is 5.86. The predicted octanol–water partition coefficient (Wildman–Crippen LogP) is 3.73. The van der Waals surface area contributed by atoms with Crippen LogP contribution in [0.1, 0.15) is 33.3 Å². The van der Waals surface area contributed by atoms with Crippen molar-refractivity contribution >= 4 is 32.2 Å². The van der Waals surface area contributed by atoms with Gasteiger partial charge in [-0.15, -0.1) is 11.3 Å². The van der Waals surface area contributed by atoms with Crippen molar-refractivity contribution < 1.29 is 8.42 Å². The minimum absolute atomic E-state index is 0.0293. The maximum absolute atomic E-state index is 12.0. The Morgan fingerprint density at radius 1 is 1.33 bits per heavy atom. The van der Waals surface area contributed by atoms with Crippen LogP contribution in [0.15, 0.2) is 23.6 Å². The summed E-state index contributed by atoms with van der Waals surface area (Å²) in [7, 11) is -3.25. The molecule has 5 nitrogen and oxygen atoms in total. The molecule has 1 atom stereocenters. The molecular formula is C17H23N3O2S2. The molecule has 1 aliphatic heterocycles. The summed E-state index contributed by atoms with van der Waals surface area (Å²) in [5, 5.41) is 6.30. The molecule has 0 aliphatic carbocycles. The average molecular weight is 366 g/mol. The number of benzene rings is 1. The third-order valence-electron chi connectivity index (χ3n) is 3.87. The van der Waals surface area contributed by atoms with Crippen LogP contribution in [0.3, 0.4) is 0 Å². The Kier molecular flexibility index (Phi) is 4.12. The highest BCUT2D eigenvalue weighted by Crippen LogP contribution is 2.37. The highest BCUT2D eigenvalue weighted by Gasteiger charge is 2.32. The van der Waals surface area contributed by atoms with Gasteiger partial charge in [-0.25, -0.2) is 13.4 Å². The summed E-state index contributed by atoms with van der Waals surface area (Å²) < 4.78 is 25.5. The molecule has 1 N–H and O–H groups in total. The van der Waals surface area contributed by atoms with E-state index in [1.165, 1.54) is 10.6 Å². The molecule has 0 spiro atoms. The Labute approximate surface area is 147 Å². The van der Waals surface area contributed by atoms with Crippen LogP contribution in [-0.2, 0) is 16.4 Å². The standard InChI is InChI=1S/C17H23N3O2S2/c1-11-8-13-9-12(6-7-15(13)20(11)24(5,21)22)14-10-23-16(18-14)19-17(2,3)4/h6-7,9-11H,8H2,1-5H3,(H,18,19)/t11-/m1/s1. The van der Waals surface area contributed by atoms with Crippen LogP contribution < -0.4 is 9.62 Å². The van der Waals surface area contributed by atoms with E-state index >= 15 is 0 Å². The largest absolute Gasteiger partial charge is 0.357 e. The molecule has 0 saturated heterocycles. The van der Waals surface area contributed by atoms with Crippen LogP contribution in [0.5, 0.6) is 0 Å². The van der Waals surface area contributed by atoms with Crippen LogP contribution in [0, 0.1) is 0 Å². The lowest BCUT2D eigenvalue weighted by molar-refractivity contribution is 0.590. The number of sulfonamides is 1. The highest BCUT2D eigenvalue weighted by atomic mass is 32.2. The summed E-state index contributed by atoms with van der Waals surface area (Å²) in [5.74, 6) is 0. The number of hydrogen-bond donors (Lipinski definition) is 1.